The van der Waals surface area contributed by atoms with Gasteiger partial charge in [-0.1, -0.05) is 18.2 Å². The Bertz CT molecular complexity index is 936. The van der Waals surface area contributed by atoms with Crippen LogP contribution >= 0.6 is 0 Å². The molecule has 0 aliphatic carbocycles. The number of nitrogens with one attached hydrogen (secondary N) is 1. The number of carbonyl (C=O) groups excluding carboxylic acids is 1. The van der Waals surface area contributed by atoms with E-state index < -0.39 is 0 Å². The molecule has 1 N–H and O–H groups in total. The summed E-state index contributed by atoms with van der Waals surface area (Å²) in [6.07, 6.45) is 3.99. The number of aryl methyl sites for hydroxylation is 2. The number of fused-ring (bicyclic) bond motifs is 1. The van der Waals surface area contributed by atoms with E-state index in [0.29, 0.717) is 5.92 Å². The van der Waals surface area contributed by atoms with E-state index in [0.717, 1.165) is 48.1 Å². The lowest BCUT2D eigenvalue weighted by Crippen LogP contribution is -2.39. The Balaban J connectivity index is 1.67. The van der Waals surface area contributed by atoms with Crippen molar-refractivity contribution in [3.05, 3.63) is 53.0 Å². The molecule has 1 atom stereocenters. The summed E-state index contributed by atoms with van der Waals surface area (Å²) in [6.45, 7) is 5.69. The lowest BCUT2D eigenvalue weighted by atomic mass is 9.92. The highest BCUT2D eigenvalue weighted by atomic mass is 16.2. The normalized spacial score (nSPS) is 18.0. The molecule has 1 saturated heterocycles. The van der Waals surface area contributed by atoms with Crippen molar-refractivity contribution in [2.45, 2.75) is 32.6 Å². The van der Waals surface area contributed by atoms with E-state index >= 15 is 0 Å². The van der Waals surface area contributed by atoms with Crippen LogP contribution in [0.5, 0.6) is 0 Å². The molecular formula is C20H24N4O. The maximum Gasteiger partial charge on any atom is 0.256 e. The number of hydrogen-bond acceptors (Lipinski definition) is 2. The summed E-state index contributed by atoms with van der Waals surface area (Å²) in [7, 11) is 2.03. The zero-order valence-electron chi connectivity index (χ0n) is 15.0. The van der Waals surface area contributed by atoms with Crippen LogP contribution in [0.25, 0.3) is 10.9 Å². The van der Waals surface area contributed by atoms with Crippen LogP contribution < -0.4 is 0 Å². The first-order chi connectivity index (χ1) is 12.1. The second-order valence-electron chi connectivity index (χ2n) is 7.09. The zero-order chi connectivity index (χ0) is 17.6. The molecule has 2 aromatic heterocycles. The van der Waals surface area contributed by atoms with Gasteiger partial charge in [0.25, 0.3) is 5.91 Å². The van der Waals surface area contributed by atoms with E-state index in [2.05, 4.69) is 33.8 Å². The van der Waals surface area contributed by atoms with Gasteiger partial charge in [0.2, 0.25) is 0 Å². The summed E-state index contributed by atoms with van der Waals surface area (Å²) in [6, 6.07) is 8.15. The molecule has 1 amide bonds. The predicted octanol–water partition coefficient (Wildman–Crippen LogP) is 3.54. The van der Waals surface area contributed by atoms with Gasteiger partial charge in [0.05, 0.1) is 11.8 Å². The van der Waals surface area contributed by atoms with Gasteiger partial charge in [-0.05, 0) is 38.3 Å². The molecule has 1 aliphatic rings. The number of rotatable bonds is 2. The van der Waals surface area contributed by atoms with Gasteiger partial charge in [-0.3, -0.25) is 9.89 Å². The SMILES string of the molecule is Cc1cn[nH]c1[C@@H]1CCCN(C(=O)c2c(C)n(C)c3ccccc23)C1. The van der Waals surface area contributed by atoms with Crippen LogP contribution in [-0.4, -0.2) is 38.7 Å². The predicted molar refractivity (Wildman–Crippen MR) is 98.9 cm³/mol. The summed E-state index contributed by atoms with van der Waals surface area (Å²) >= 11 is 0. The van der Waals surface area contributed by atoms with E-state index in [9.17, 15) is 4.79 Å². The van der Waals surface area contributed by atoms with E-state index in [4.69, 9.17) is 0 Å². The van der Waals surface area contributed by atoms with Gasteiger partial charge in [-0.25, -0.2) is 0 Å². The fraction of sp³-hybridized carbons (Fsp3) is 0.400. The molecule has 0 unspecified atom stereocenters. The van der Waals surface area contributed by atoms with Crippen LogP contribution in [0.1, 0.15) is 46.1 Å². The van der Waals surface area contributed by atoms with Crippen LogP contribution in [0.3, 0.4) is 0 Å². The Morgan fingerprint density at radius 3 is 2.84 bits per heavy atom. The molecule has 3 heterocycles. The van der Waals surface area contributed by atoms with Crippen molar-refractivity contribution in [3.63, 3.8) is 0 Å². The van der Waals surface area contributed by atoms with Gasteiger partial charge in [0.15, 0.2) is 0 Å². The van der Waals surface area contributed by atoms with E-state index in [-0.39, 0.29) is 5.91 Å². The maximum atomic E-state index is 13.3. The van der Waals surface area contributed by atoms with Gasteiger partial charge >= 0.3 is 0 Å². The lowest BCUT2D eigenvalue weighted by Gasteiger charge is -2.32. The molecule has 0 saturated carbocycles. The quantitative estimate of drug-likeness (QED) is 0.778. The summed E-state index contributed by atoms with van der Waals surface area (Å²) < 4.78 is 2.11. The first-order valence-electron chi connectivity index (χ1n) is 8.91. The van der Waals surface area contributed by atoms with Crippen LogP contribution in [0.15, 0.2) is 30.5 Å². The van der Waals surface area contributed by atoms with Gasteiger partial charge < -0.3 is 9.47 Å². The Hall–Kier alpha value is -2.56. The van der Waals surface area contributed by atoms with Crippen molar-refractivity contribution in [3.8, 4) is 0 Å². The van der Waals surface area contributed by atoms with E-state index in [1.807, 2.05) is 37.2 Å². The number of hydrogen-bond donors (Lipinski definition) is 1. The second kappa shape index (κ2) is 6.06. The smallest absolute Gasteiger partial charge is 0.256 e. The van der Waals surface area contributed by atoms with Gasteiger partial charge in [-0.2, -0.15) is 5.10 Å². The molecule has 5 nitrogen and oxygen atoms in total. The first-order valence-corrected chi connectivity index (χ1v) is 8.91. The third kappa shape index (κ3) is 2.54. The second-order valence-corrected chi connectivity index (χ2v) is 7.09. The minimum Gasteiger partial charge on any atom is -0.347 e. The summed E-state index contributed by atoms with van der Waals surface area (Å²) in [5.41, 5.74) is 5.35. The molecule has 4 rings (SSSR count). The topological polar surface area (TPSA) is 53.9 Å². The molecule has 0 radical (unpaired) electrons. The van der Waals surface area contributed by atoms with Crippen molar-refractivity contribution < 1.29 is 4.79 Å². The number of amides is 1. The molecule has 1 aliphatic heterocycles. The number of aromatic amines is 1. The van der Waals surface area contributed by atoms with Gasteiger partial charge in [0.1, 0.15) is 0 Å². The van der Waals surface area contributed by atoms with Crippen LogP contribution in [0.4, 0.5) is 0 Å². The van der Waals surface area contributed by atoms with Crippen molar-refractivity contribution in [1.82, 2.24) is 19.7 Å². The third-order valence-electron chi connectivity index (χ3n) is 5.60. The molecule has 0 spiro atoms. The Morgan fingerprint density at radius 1 is 1.28 bits per heavy atom. The average molecular weight is 336 g/mol. The molecule has 1 fully saturated rings. The van der Waals surface area contributed by atoms with Gasteiger partial charge in [0, 0.05) is 48.3 Å². The molecule has 130 valence electrons. The van der Waals surface area contributed by atoms with Crippen LogP contribution in [0.2, 0.25) is 0 Å². The van der Waals surface area contributed by atoms with E-state index in [1.165, 1.54) is 11.3 Å². The lowest BCUT2D eigenvalue weighted by molar-refractivity contribution is 0.0706. The van der Waals surface area contributed by atoms with Crippen molar-refractivity contribution >= 4 is 16.8 Å². The number of benzene rings is 1. The van der Waals surface area contributed by atoms with E-state index in [1.54, 1.807) is 0 Å². The summed E-state index contributed by atoms with van der Waals surface area (Å²) in [4.78, 5) is 15.4. The maximum absolute atomic E-state index is 13.3. The largest absolute Gasteiger partial charge is 0.347 e. The van der Waals surface area contributed by atoms with Crippen LogP contribution in [0, 0.1) is 13.8 Å². The number of para-hydroxylation sites is 1. The highest BCUT2D eigenvalue weighted by Crippen LogP contribution is 2.31. The molecule has 5 heteroatoms. The highest BCUT2D eigenvalue weighted by molar-refractivity contribution is 6.08. The number of aromatic nitrogens is 3. The van der Waals surface area contributed by atoms with Crippen LogP contribution in [-0.2, 0) is 7.05 Å². The number of nitrogens with zero attached hydrogens (tertiary/aromatic N) is 3. The first kappa shape index (κ1) is 15.9. The number of piperidine rings is 1. The standard InChI is InChI=1S/C20H24N4O/c1-13-11-21-22-19(13)15-7-6-10-24(12-15)20(25)18-14(2)23(3)17-9-5-4-8-16(17)18/h4-5,8-9,11,15H,6-7,10,12H2,1-3H3,(H,21,22)/t15-/m1/s1. The number of likely N-dealkylation sites (tertiary alicyclic amines) is 1. The number of H-pyrrole nitrogens is 1. The Labute approximate surface area is 147 Å². The molecule has 25 heavy (non-hydrogen) atoms. The Kier molecular flexibility index (Phi) is 3.86. The minimum atomic E-state index is 0.149. The molecule has 1 aromatic carbocycles. The summed E-state index contributed by atoms with van der Waals surface area (Å²) in [5, 5.41) is 8.33. The highest BCUT2D eigenvalue weighted by Gasteiger charge is 2.29. The minimum absolute atomic E-state index is 0.149. The third-order valence-corrected chi connectivity index (χ3v) is 5.60. The molecule has 0 bridgehead atoms. The fourth-order valence-corrected chi connectivity index (χ4v) is 4.12. The van der Waals surface area contributed by atoms with Crippen molar-refractivity contribution in [1.29, 1.82) is 0 Å². The fourth-order valence-electron chi connectivity index (χ4n) is 4.12. The molecular weight excluding hydrogens is 312 g/mol. The average Bonchev–Trinajstić information content (AvgIpc) is 3.17. The van der Waals surface area contributed by atoms with Gasteiger partial charge in [-0.15, -0.1) is 0 Å². The van der Waals surface area contributed by atoms with Crippen molar-refractivity contribution in [2.24, 2.45) is 7.05 Å². The van der Waals surface area contributed by atoms with Crippen molar-refractivity contribution in [2.75, 3.05) is 13.1 Å². The summed E-state index contributed by atoms with van der Waals surface area (Å²) in [5.74, 6) is 0.492. The Morgan fingerprint density at radius 2 is 2.08 bits per heavy atom. The zero-order valence-corrected chi connectivity index (χ0v) is 15.0. The molecule has 3 aromatic rings. The number of carbonyl (C=O) groups is 1. The monoisotopic (exact) mass is 336 g/mol.